The van der Waals surface area contributed by atoms with Gasteiger partial charge < -0.3 is 19.1 Å². The van der Waals surface area contributed by atoms with Crippen molar-refractivity contribution in [1.82, 2.24) is 0 Å². The van der Waals surface area contributed by atoms with Crippen LogP contribution in [0, 0.1) is 5.41 Å². The number of halogens is 1. The minimum absolute atomic E-state index is 0.258. The number of anilines is 1. The number of morpholine rings is 1. The van der Waals surface area contributed by atoms with Crippen molar-refractivity contribution in [3.8, 4) is 0 Å². The van der Waals surface area contributed by atoms with Crippen molar-refractivity contribution in [2.75, 3.05) is 24.7 Å². The maximum absolute atomic E-state index is 12.9. The second-order valence-corrected chi connectivity index (χ2v) is 7.80. The maximum atomic E-state index is 12.9. The number of fused-ring (bicyclic) bond motifs is 4. The fraction of sp³-hybridized carbons (Fsp3) is 0.529. The SMILES string of the molecule is CC1(C)OC(=O)C2(Cc3ccc(Br)cc3N3CCOCC32)C(=O)O1. The molecule has 2 saturated heterocycles. The largest absolute Gasteiger partial charge is 0.422 e. The molecule has 3 aliphatic heterocycles. The molecule has 3 heterocycles. The molecule has 1 unspecified atom stereocenters. The average molecular weight is 396 g/mol. The van der Waals surface area contributed by atoms with Crippen molar-refractivity contribution in [2.45, 2.75) is 32.1 Å². The Balaban J connectivity index is 1.86. The van der Waals surface area contributed by atoms with Gasteiger partial charge in [0.05, 0.1) is 19.3 Å². The van der Waals surface area contributed by atoms with Crippen molar-refractivity contribution in [1.29, 1.82) is 0 Å². The molecule has 1 spiro atoms. The molecule has 0 aliphatic carbocycles. The molecule has 1 atom stereocenters. The lowest BCUT2D eigenvalue weighted by Gasteiger charge is -2.52. The molecular formula is C17H18BrNO5. The van der Waals surface area contributed by atoms with Crippen molar-refractivity contribution >= 4 is 33.6 Å². The summed E-state index contributed by atoms with van der Waals surface area (Å²) >= 11 is 3.49. The summed E-state index contributed by atoms with van der Waals surface area (Å²) in [5.74, 6) is -2.30. The zero-order valence-electron chi connectivity index (χ0n) is 13.5. The van der Waals surface area contributed by atoms with E-state index in [-0.39, 0.29) is 13.0 Å². The van der Waals surface area contributed by atoms with Gasteiger partial charge >= 0.3 is 11.9 Å². The molecule has 0 saturated carbocycles. The molecule has 0 amide bonds. The van der Waals surface area contributed by atoms with Crippen molar-refractivity contribution in [3.63, 3.8) is 0 Å². The van der Waals surface area contributed by atoms with E-state index in [9.17, 15) is 9.59 Å². The van der Waals surface area contributed by atoms with Gasteiger partial charge in [0, 0.05) is 37.0 Å². The Bertz CT molecular complexity index is 712. The van der Waals surface area contributed by atoms with Gasteiger partial charge in [-0.25, -0.2) is 0 Å². The number of cyclic esters (lactones) is 2. The highest BCUT2D eigenvalue weighted by Crippen LogP contribution is 2.47. The van der Waals surface area contributed by atoms with Crippen LogP contribution in [0.1, 0.15) is 19.4 Å². The third kappa shape index (κ3) is 2.18. The molecule has 2 fully saturated rings. The molecule has 1 aromatic carbocycles. The number of rotatable bonds is 0. The van der Waals surface area contributed by atoms with E-state index in [4.69, 9.17) is 14.2 Å². The predicted molar refractivity (Wildman–Crippen MR) is 88.5 cm³/mol. The van der Waals surface area contributed by atoms with Gasteiger partial charge in [-0.05, 0) is 17.7 Å². The van der Waals surface area contributed by atoms with Gasteiger partial charge in [-0.3, -0.25) is 9.59 Å². The van der Waals surface area contributed by atoms with Crippen LogP contribution in [0.25, 0.3) is 0 Å². The lowest BCUT2D eigenvalue weighted by Crippen LogP contribution is -2.68. The van der Waals surface area contributed by atoms with E-state index in [1.54, 1.807) is 13.8 Å². The Morgan fingerprint density at radius 2 is 1.92 bits per heavy atom. The first-order valence-electron chi connectivity index (χ1n) is 7.93. The number of hydrogen-bond acceptors (Lipinski definition) is 6. The predicted octanol–water partition coefficient (Wildman–Crippen LogP) is 2.03. The number of hydrogen-bond donors (Lipinski definition) is 0. The number of nitrogens with zero attached hydrogens (tertiary/aromatic N) is 1. The number of ether oxygens (including phenoxy) is 3. The van der Waals surface area contributed by atoms with Gasteiger partial charge in [-0.1, -0.05) is 22.0 Å². The zero-order valence-corrected chi connectivity index (χ0v) is 15.1. The summed E-state index contributed by atoms with van der Waals surface area (Å²) in [6.07, 6.45) is 0.258. The van der Waals surface area contributed by atoms with Gasteiger partial charge in [-0.15, -0.1) is 0 Å². The maximum Gasteiger partial charge on any atom is 0.329 e. The smallest absolute Gasteiger partial charge is 0.329 e. The fourth-order valence-corrected chi connectivity index (χ4v) is 4.17. The minimum Gasteiger partial charge on any atom is -0.422 e. The lowest BCUT2D eigenvalue weighted by atomic mass is 9.70. The number of benzene rings is 1. The molecular weight excluding hydrogens is 378 g/mol. The highest BCUT2D eigenvalue weighted by molar-refractivity contribution is 9.10. The van der Waals surface area contributed by atoms with Gasteiger partial charge in [-0.2, -0.15) is 0 Å². The van der Waals surface area contributed by atoms with E-state index in [0.29, 0.717) is 13.2 Å². The minimum atomic E-state index is -1.38. The van der Waals surface area contributed by atoms with E-state index < -0.39 is 29.2 Å². The summed E-state index contributed by atoms with van der Waals surface area (Å²) < 4.78 is 17.5. The molecule has 6 nitrogen and oxygen atoms in total. The summed E-state index contributed by atoms with van der Waals surface area (Å²) in [5.41, 5.74) is 0.579. The summed E-state index contributed by atoms with van der Waals surface area (Å²) in [5, 5.41) is 0. The van der Waals surface area contributed by atoms with Crippen LogP contribution in [0.15, 0.2) is 22.7 Å². The van der Waals surface area contributed by atoms with Crippen molar-refractivity contribution in [3.05, 3.63) is 28.2 Å². The van der Waals surface area contributed by atoms with Crippen LogP contribution in [0.4, 0.5) is 5.69 Å². The van der Waals surface area contributed by atoms with E-state index in [0.717, 1.165) is 15.7 Å². The third-order valence-electron chi connectivity index (χ3n) is 4.93. The first kappa shape index (κ1) is 15.9. The van der Waals surface area contributed by atoms with Gasteiger partial charge in [0.1, 0.15) is 0 Å². The van der Waals surface area contributed by atoms with Crippen LogP contribution in [0.3, 0.4) is 0 Å². The Morgan fingerprint density at radius 1 is 1.21 bits per heavy atom. The third-order valence-corrected chi connectivity index (χ3v) is 5.42. The first-order chi connectivity index (χ1) is 11.3. The quantitative estimate of drug-likeness (QED) is 0.494. The van der Waals surface area contributed by atoms with Gasteiger partial charge in [0.15, 0.2) is 5.41 Å². The first-order valence-corrected chi connectivity index (χ1v) is 8.72. The van der Waals surface area contributed by atoms with Crippen LogP contribution in [-0.2, 0) is 30.2 Å². The molecule has 0 radical (unpaired) electrons. The molecule has 0 bridgehead atoms. The highest BCUT2D eigenvalue weighted by atomic mass is 79.9. The van der Waals surface area contributed by atoms with Crippen LogP contribution in [0.5, 0.6) is 0 Å². The zero-order chi connectivity index (χ0) is 17.1. The van der Waals surface area contributed by atoms with Crippen LogP contribution in [0.2, 0.25) is 0 Å². The number of esters is 2. The standard InChI is InChI=1S/C17H18BrNO5/c1-16(2)23-14(20)17(15(21)24-16)8-10-3-4-11(18)7-12(10)19-5-6-22-9-13(17)19/h3-4,7,13H,5-6,8-9H2,1-2H3. The van der Waals surface area contributed by atoms with Crippen molar-refractivity contribution in [2.24, 2.45) is 5.41 Å². The van der Waals surface area contributed by atoms with Gasteiger partial charge in [0.25, 0.3) is 5.79 Å². The van der Waals surface area contributed by atoms with E-state index in [1.807, 2.05) is 18.2 Å². The molecule has 128 valence electrons. The Hall–Kier alpha value is -1.60. The van der Waals surface area contributed by atoms with Crippen LogP contribution in [-0.4, -0.2) is 43.5 Å². The molecule has 1 aromatic rings. The molecule has 3 aliphatic rings. The van der Waals surface area contributed by atoms with Gasteiger partial charge in [0.2, 0.25) is 0 Å². The second kappa shape index (κ2) is 5.20. The Morgan fingerprint density at radius 3 is 2.62 bits per heavy atom. The molecule has 24 heavy (non-hydrogen) atoms. The Labute approximate surface area is 148 Å². The summed E-state index contributed by atoms with van der Waals surface area (Å²) in [7, 11) is 0. The Kier molecular flexibility index (Phi) is 3.44. The van der Waals surface area contributed by atoms with Crippen molar-refractivity contribution < 1.29 is 23.8 Å². The normalized spacial score (nSPS) is 27.1. The second-order valence-electron chi connectivity index (χ2n) is 6.88. The average Bonchev–Trinajstić information content (AvgIpc) is 2.52. The monoisotopic (exact) mass is 395 g/mol. The summed E-state index contributed by atoms with van der Waals surface area (Å²) in [6.45, 7) is 4.59. The fourth-order valence-electron chi connectivity index (χ4n) is 3.82. The van der Waals surface area contributed by atoms with E-state index >= 15 is 0 Å². The summed E-state index contributed by atoms with van der Waals surface area (Å²) in [4.78, 5) is 27.9. The topological polar surface area (TPSA) is 65.1 Å². The highest BCUT2D eigenvalue weighted by Gasteiger charge is 2.64. The van der Waals surface area contributed by atoms with E-state index in [1.165, 1.54) is 0 Å². The molecule has 0 N–H and O–H groups in total. The molecule has 7 heteroatoms. The van der Waals surface area contributed by atoms with Crippen LogP contribution < -0.4 is 4.90 Å². The summed E-state index contributed by atoms with van der Waals surface area (Å²) in [6, 6.07) is 5.44. The van der Waals surface area contributed by atoms with Crippen LogP contribution >= 0.6 is 15.9 Å². The molecule has 4 rings (SSSR count). The van der Waals surface area contributed by atoms with E-state index in [2.05, 4.69) is 20.8 Å². The number of carbonyl (C=O) groups is 2. The number of carbonyl (C=O) groups excluding carboxylic acids is 2. The lowest BCUT2D eigenvalue weighted by molar-refractivity contribution is -0.254. The molecule has 0 aromatic heterocycles.